The van der Waals surface area contributed by atoms with Crippen LogP contribution in [0, 0.1) is 22.7 Å². The van der Waals surface area contributed by atoms with E-state index >= 15 is 0 Å². The van der Waals surface area contributed by atoms with Crippen molar-refractivity contribution in [3.63, 3.8) is 0 Å². The molecule has 0 bridgehead atoms. The average Bonchev–Trinajstić information content (AvgIpc) is 3.82. The fraction of sp³-hybridized carbons (Fsp3) is 0.241. The van der Waals surface area contributed by atoms with Crippen molar-refractivity contribution in [1.82, 2.24) is 24.8 Å². The number of ether oxygens (including phenoxy) is 1. The average molecular weight is 584 g/mol. The zero-order chi connectivity index (χ0) is 29.9. The third-order valence-corrected chi connectivity index (χ3v) is 9.36. The van der Waals surface area contributed by atoms with Crippen molar-refractivity contribution in [2.75, 3.05) is 6.61 Å². The molecule has 12 nitrogen and oxygen atoms in total. The molecule has 212 valence electrons. The molecule has 42 heavy (non-hydrogen) atoms. The summed E-state index contributed by atoms with van der Waals surface area (Å²) in [7, 11) is -2.31. The summed E-state index contributed by atoms with van der Waals surface area (Å²) in [6.45, 7) is 0.0172. The van der Waals surface area contributed by atoms with E-state index in [0.29, 0.717) is 34.9 Å². The summed E-state index contributed by atoms with van der Waals surface area (Å²) in [5.41, 5.74) is 2.03. The first-order chi connectivity index (χ1) is 20.2. The lowest BCUT2D eigenvalue weighted by Gasteiger charge is -2.18. The number of benzene rings is 2. The van der Waals surface area contributed by atoms with Crippen LogP contribution in [0.15, 0.2) is 65.6 Å². The van der Waals surface area contributed by atoms with Gasteiger partial charge in [-0.05, 0) is 54.3 Å². The molecule has 1 aliphatic rings. The predicted octanol–water partition coefficient (Wildman–Crippen LogP) is 2.03. The third-order valence-electron chi connectivity index (χ3n) is 7.17. The van der Waals surface area contributed by atoms with Crippen LogP contribution in [-0.4, -0.2) is 40.4 Å². The molecular weight excluding hydrogens is 558 g/mol. The fourth-order valence-corrected chi connectivity index (χ4v) is 5.93. The van der Waals surface area contributed by atoms with Crippen LogP contribution in [0.3, 0.4) is 0 Å². The quantitative estimate of drug-likeness (QED) is 0.282. The number of aromatic nitrogens is 3. The smallest absolute Gasteiger partial charge is 0.263 e. The van der Waals surface area contributed by atoms with E-state index in [1.54, 1.807) is 48.5 Å². The third kappa shape index (κ3) is 5.69. The number of fused-ring (bicyclic) bond motifs is 1. The summed E-state index contributed by atoms with van der Waals surface area (Å²) in [6, 6.07) is 18.8. The number of pyridine rings is 1. The van der Waals surface area contributed by atoms with Gasteiger partial charge in [0.2, 0.25) is 10.0 Å². The number of amides is 1. The lowest BCUT2D eigenvalue weighted by Crippen LogP contribution is -2.40. The molecule has 0 aliphatic heterocycles. The molecule has 1 aliphatic carbocycles. The van der Waals surface area contributed by atoms with Gasteiger partial charge in [0.1, 0.15) is 22.4 Å². The summed E-state index contributed by atoms with van der Waals surface area (Å²) in [5.74, 6) is -0.609. The number of nitrogens with zero attached hydrogens (tertiary/aromatic N) is 5. The molecule has 2 aromatic carbocycles. The van der Waals surface area contributed by atoms with Crippen molar-refractivity contribution in [2.24, 2.45) is 7.05 Å². The second-order valence-corrected chi connectivity index (χ2v) is 12.1. The SMILES string of the molecule is Cn1c(=O)c(C(=O)NCc2ccc(C#N)cc2)cc2cnnc(OCC3(S(=O)(=O)NCc4ccc(C#N)cc4)CC3)c21. The Kier molecular flexibility index (Phi) is 7.72. The second kappa shape index (κ2) is 11.4. The van der Waals surface area contributed by atoms with Crippen molar-refractivity contribution in [1.29, 1.82) is 10.5 Å². The van der Waals surface area contributed by atoms with E-state index in [2.05, 4.69) is 20.2 Å². The van der Waals surface area contributed by atoms with Crippen LogP contribution in [0.25, 0.3) is 10.9 Å². The summed E-state index contributed by atoms with van der Waals surface area (Å²) in [4.78, 5) is 26.0. The van der Waals surface area contributed by atoms with Gasteiger partial charge in [-0.3, -0.25) is 9.59 Å². The maximum absolute atomic E-state index is 13.1. The van der Waals surface area contributed by atoms with Crippen LogP contribution < -0.4 is 20.3 Å². The van der Waals surface area contributed by atoms with Crippen LogP contribution in [0.1, 0.15) is 45.5 Å². The molecular formula is C29H25N7O5S. The van der Waals surface area contributed by atoms with Gasteiger partial charge in [-0.1, -0.05) is 24.3 Å². The topological polar surface area (TPSA) is 180 Å². The molecule has 5 rings (SSSR count). The number of carbonyl (C=O) groups excluding carboxylic acids is 1. The standard InChI is InChI=1S/C29H25N7O5S/c1-36-25-23(12-24(28(36)38)26(37)32-15-21-6-2-19(13-30)3-7-21)17-33-35-27(25)41-18-29(10-11-29)42(39,40)34-16-22-8-4-20(14-31)5-9-22/h2-9,12,17,34H,10-11,15-16,18H2,1H3,(H,32,37). The summed E-state index contributed by atoms with van der Waals surface area (Å²) in [5, 5.41) is 28.9. The number of nitrogens with one attached hydrogen (secondary N) is 2. The molecule has 0 radical (unpaired) electrons. The molecule has 0 atom stereocenters. The number of hydrogen-bond donors (Lipinski definition) is 2. The molecule has 1 fully saturated rings. The Balaban J connectivity index is 1.30. The van der Waals surface area contributed by atoms with Crippen LogP contribution >= 0.6 is 0 Å². The van der Waals surface area contributed by atoms with E-state index in [9.17, 15) is 18.0 Å². The Morgan fingerprint density at radius 1 is 1.02 bits per heavy atom. The van der Waals surface area contributed by atoms with Gasteiger partial charge in [-0.25, -0.2) is 13.1 Å². The fourth-order valence-electron chi connectivity index (χ4n) is 4.41. The van der Waals surface area contributed by atoms with Crippen LogP contribution in [-0.2, 0) is 30.2 Å². The number of hydrogen-bond acceptors (Lipinski definition) is 9. The minimum Gasteiger partial charge on any atom is -0.473 e. The van der Waals surface area contributed by atoms with Gasteiger partial charge < -0.3 is 14.6 Å². The molecule has 2 N–H and O–H groups in total. The van der Waals surface area contributed by atoms with Gasteiger partial charge in [0.05, 0.1) is 29.5 Å². The van der Waals surface area contributed by atoms with Gasteiger partial charge in [0.15, 0.2) is 0 Å². The number of carbonyl (C=O) groups is 1. The van der Waals surface area contributed by atoms with Gasteiger partial charge in [0.25, 0.3) is 17.3 Å². The first-order valence-corrected chi connectivity index (χ1v) is 14.4. The zero-order valence-corrected chi connectivity index (χ0v) is 23.3. The van der Waals surface area contributed by atoms with Crippen LogP contribution in [0.2, 0.25) is 0 Å². The normalized spacial score (nSPS) is 13.6. The monoisotopic (exact) mass is 583 g/mol. The number of aryl methyl sites for hydroxylation is 1. The van der Waals surface area contributed by atoms with Gasteiger partial charge in [-0.15, -0.1) is 5.10 Å². The number of nitriles is 2. The van der Waals surface area contributed by atoms with E-state index < -0.39 is 26.2 Å². The minimum atomic E-state index is -3.78. The van der Waals surface area contributed by atoms with E-state index in [-0.39, 0.29) is 36.7 Å². The molecule has 13 heteroatoms. The highest BCUT2D eigenvalue weighted by molar-refractivity contribution is 7.91. The van der Waals surface area contributed by atoms with Crippen molar-refractivity contribution in [3.05, 3.63) is 99.0 Å². The summed E-state index contributed by atoms with van der Waals surface area (Å²) < 4.78 is 34.8. The van der Waals surface area contributed by atoms with Gasteiger partial charge in [0, 0.05) is 25.5 Å². The molecule has 2 heterocycles. The maximum atomic E-state index is 13.1. The van der Waals surface area contributed by atoms with Crippen molar-refractivity contribution >= 4 is 26.8 Å². The van der Waals surface area contributed by atoms with Crippen molar-refractivity contribution in [2.45, 2.75) is 30.7 Å². The second-order valence-electron chi connectivity index (χ2n) is 9.97. The lowest BCUT2D eigenvalue weighted by atomic mass is 10.1. The molecule has 0 saturated heterocycles. The highest BCUT2D eigenvalue weighted by Crippen LogP contribution is 2.43. The van der Waals surface area contributed by atoms with Crippen LogP contribution in [0.4, 0.5) is 0 Å². The molecule has 1 amide bonds. The van der Waals surface area contributed by atoms with Crippen molar-refractivity contribution < 1.29 is 17.9 Å². The molecule has 0 spiro atoms. The molecule has 0 unspecified atom stereocenters. The van der Waals surface area contributed by atoms with E-state index in [4.69, 9.17) is 15.3 Å². The van der Waals surface area contributed by atoms with Gasteiger partial charge >= 0.3 is 0 Å². The Morgan fingerprint density at radius 2 is 1.62 bits per heavy atom. The first kappa shape index (κ1) is 28.4. The largest absolute Gasteiger partial charge is 0.473 e. The van der Waals surface area contributed by atoms with E-state index in [0.717, 1.165) is 5.56 Å². The Morgan fingerprint density at radius 3 is 2.19 bits per heavy atom. The lowest BCUT2D eigenvalue weighted by molar-refractivity contribution is 0.0949. The van der Waals surface area contributed by atoms with Crippen molar-refractivity contribution in [3.8, 4) is 18.0 Å². The maximum Gasteiger partial charge on any atom is 0.263 e. The van der Waals surface area contributed by atoms with E-state index in [1.165, 1.54) is 23.9 Å². The predicted molar refractivity (Wildman–Crippen MR) is 151 cm³/mol. The minimum absolute atomic E-state index is 0.0230. The molecule has 2 aromatic heterocycles. The summed E-state index contributed by atoms with van der Waals surface area (Å²) >= 11 is 0. The first-order valence-electron chi connectivity index (χ1n) is 12.9. The van der Waals surface area contributed by atoms with Gasteiger partial charge in [-0.2, -0.15) is 15.6 Å². The zero-order valence-electron chi connectivity index (χ0n) is 22.5. The van der Waals surface area contributed by atoms with E-state index in [1.807, 2.05) is 12.1 Å². The highest BCUT2D eigenvalue weighted by Gasteiger charge is 2.55. The van der Waals surface area contributed by atoms with Crippen LogP contribution in [0.5, 0.6) is 5.88 Å². The Labute approximate surface area is 241 Å². The Hall–Kier alpha value is -5.11. The highest BCUT2D eigenvalue weighted by atomic mass is 32.2. The number of sulfonamides is 1. The summed E-state index contributed by atoms with van der Waals surface area (Å²) in [6.07, 6.45) is 2.16. The molecule has 4 aromatic rings. The Bertz CT molecular complexity index is 1920. The number of rotatable bonds is 10. The molecule has 1 saturated carbocycles.